The van der Waals surface area contributed by atoms with E-state index in [1.54, 1.807) is 12.1 Å². The van der Waals surface area contributed by atoms with Gasteiger partial charge in [-0.25, -0.2) is 12.8 Å². The fourth-order valence-corrected chi connectivity index (χ4v) is 4.02. The third-order valence-electron chi connectivity index (χ3n) is 3.72. The predicted molar refractivity (Wildman–Crippen MR) is 87.4 cm³/mol. The van der Waals surface area contributed by atoms with Crippen LogP contribution in [0.5, 0.6) is 0 Å². The van der Waals surface area contributed by atoms with Crippen LogP contribution in [0.3, 0.4) is 0 Å². The average Bonchev–Trinajstić information content (AvgIpc) is 2.57. The molecule has 0 spiro atoms. The molecule has 0 saturated carbocycles. The van der Waals surface area contributed by atoms with Crippen molar-refractivity contribution in [3.05, 3.63) is 54.3 Å². The summed E-state index contributed by atoms with van der Waals surface area (Å²) >= 11 is 0. The van der Waals surface area contributed by atoms with Gasteiger partial charge in [0.05, 0.1) is 16.3 Å². The molecule has 0 bridgehead atoms. The summed E-state index contributed by atoms with van der Waals surface area (Å²) in [6.45, 7) is -1.11. The molecule has 2 aromatic rings. The minimum absolute atomic E-state index is 0.164. The maximum absolute atomic E-state index is 13.1. The molecule has 1 amide bonds. The first kappa shape index (κ1) is 16.9. The van der Waals surface area contributed by atoms with Gasteiger partial charge in [-0.1, -0.05) is 12.1 Å². The van der Waals surface area contributed by atoms with Crippen molar-refractivity contribution in [1.29, 1.82) is 0 Å². The lowest BCUT2D eigenvalue weighted by Crippen LogP contribution is -2.49. The molecule has 25 heavy (non-hydrogen) atoms. The normalized spacial score (nSPS) is 14.4. The van der Waals surface area contributed by atoms with E-state index in [-0.39, 0.29) is 16.3 Å². The maximum Gasteiger partial charge on any atom is 0.323 e. The van der Waals surface area contributed by atoms with Crippen LogP contribution in [0.2, 0.25) is 0 Å². The molecular formula is C16H13FN2O5S. The Morgan fingerprint density at radius 2 is 1.68 bits per heavy atom. The second kappa shape index (κ2) is 6.17. The zero-order valence-electron chi connectivity index (χ0n) is 12.8. The van der Waals surface area contributed by atoms with Crippen LogP contribution in [-0.4, -0.2) is 38.5 Å². The number of anilines is 2. The van der Waals surface area contributed by atoms with Gasteiger partial charge in [-0.05, 0) is 36.4 Å². The van der Waals surface area contributed by atoms with Crippen LogP contribution in [0.25, 0.3) is 0 Å². The number of hydrogen-bond acceptors (Lipinski definition) is 4. The summed E-state index contributed by atoms with van der Waals surface area (Å²) in [5, 5.41) is 8.98. The number of benzene rings is 2. The molecule has 0 atom stereocenters. The number of hydrogen-bond donors (Lipinski definition) is 1. The standard InChI is InChI=1S/C16H13FN2O5S/c17-11-5-7-12(8-6-11)25(23,24)19-9-15(20)18(10-16(21)22)13-3-1-2-4-14(13)19/h1-8H,9-10H2,(H,21,22). The van der Waals surface area contributed by atoms with E-state index < -0.39 is 40.8 Å². The van der Waals surface area contributed by atoms with Gasteiger partial charge in [0.15, 0.2) is 0 Å². The molecule has 1 N–H and O–H groups in total. The lowest BCUT2D eigenvalue weighted by molar-refractivity contribution is -0.136. The highest BCUT2D eigenvalue weighted by molar-refractivity contribution is 7.92. The van der Waals surface area contributed by atoms with Crippen molar-refractivity contribution in [2.45, 2.75) is 4.90 Å². The Balaban J connectivity index is 2.09. The molecule has 0 fully saturated rings. The van der Waals surface area contributed by atoms with Crippen molar-refractivity contribution in [2.24, 2.45) is 0 Å². The van der Waals surface area contributed by atoms with Crippen LogP contribution >= 0.6 is 0 Å². The SMILES string of the molecule is O=C(O)CN1C(=O)CN(S(=O)(=O)c2ccc(F)cc2)c2ccccc21. The molecule has 7 nitrogen and oxygen atoms in total. The van der Waals surface area contributed by atoms with Gasteiger partial charge in [-0.2, -0.15) is 0 Å². The lowest BCUT2D eigenvalue weighted by atomic mass is 10.2. The van der Waals surface area contributed by atoms with Crippen LogP contribution < -0.4 is 9.21 Å². The molecule has 1 aliphatic rings. The number of fused-ring (bicyclic) bond motifs is 1. The van der Waals surface area contributed by atoms with Gasteiger partial charge in [0.2, 0.25) is 5.91 Å². The van der Waals surface area contributed by atoms with E-state index in [0.717, 1.165) is 33.5 Å². The summed E-state index contributed by atoms with van der Waals surface area (Å²) in [5.41, 5.74) is 0.375. The van der Waals surface area contributed by atoms with Crippen LogP contribution in [0, 0.1) is 5.82 Å². The number of rotatable bonds is 4. The van der Waals surface area contributed by atoms with E-state index in [0.29, 0.717) is 0 Å². The number of carbonyl (C=O) groups is 2. The van der Waals surface area contributed by atoms with E-state index >= 15 is 0 Å². The van der Waals surface area contributed by atoms with Crippen molar-refractivity contribution in [1.82, 2.24) is 0 Å². The highest BCUT2D eigenvalue weighted by Gasteiger charge is 2.36. The first-order valence-electron chi connectivity index (χ1n) is 7.20. The van der Waals surface area contributed by atoms with Crippen molar-refractivity contribution in [2.75, 3.05) is 22.3 Å². The Labute approximate surface area is 143 Å². The van der Waals surface area contributed by atoms with Crippen LogP contribution in [0.1, 0.15) is 0 Å². The number of amides is 1. The second-order valence-corrected chi connectivity index (χ2v) is 7.19. The maximum atomic E-state index is 13.1. The number of carboxylic acids is 1. The number of sulfonamides is 1. The number of para-hydroxylation sites is 2. The molecule has 9 heteroatoms. The van der Waals surface area contributed by atoms with Gasteiger partial charge in [0.1, 0.15) is 18.9 Å². The van der Waals surface area contributed by atoms with Gasteiger partial charge in [0.25, 0.3) is 10.0 Å². The van der Waals surface area contributed by atoms with Gasteiger partial charge in [0, 0.05) is 0 Å². The molecule has 1 heterocycles. The van der Waals surface area contributed by atoms with Crippen molar-refractivity contribution in [3.8, 4) is 0 Å². The van der Waals surface area contributed by atoms with Crippen LogP contribution in [0.15, 0.2) is 53.4 Å². The Hall–Kier alpha value is -2.94. The Kier molecular flexibility index (Phi) is 4.17. The van der Waals surface area contributed by atoms with Gasteiger partial charge < -0.3 is 5.11 Å². The summed E-state index contributed by atoms with van der Waals surface area (Å²) in [4.78, 5) is 24.2. The molecule has 0 aromatic heterocycles. The van der Waals surface area contributed by atoms with Gasteiger partial charge >= 0.3 is 5.97 Å². The van der Waals surface area contributed by atoms with Crippen molar-refractivity contribution >= 4 is 33.3 Å². The van der Waals surface area contributed by atoms with Crippen LogP contribution in [-0.2, 0) is 19.6 Å². The number of carbonyl (C=O) groups excluding carboxylic acids is 1. The molecular weight excluding hydrogens is 351 g/mol. The third-order valence-corrected chi connectivity index (χ3v) is 5.49. The van der Waals surface area contributed by atoms with E-state index in [1.165, 1.54) is 12.1 Å². The second-order valence-electron chi connectivity index (χ2n) is 5.33. The fraction of sp³-hybridized carbons (Fsp3) is 0.125. The highest BCUT2D eigenvalue weighted by Crippen LogP contribution is 2.36. The number of carboxylic acid groups (broad SMARTS) is 1. The monoisotopic (exact) mass is 364 g/mol. The molecule has 1 aliphatic heterocycles. The van der Waals surface area contributed by atoms with E-state index in [4.69, 9.17) is 5.11 Å². The Morgan fingerprint density at radius 3 is 2.28 bits per heavy atom. The van der Waals surface area contributed by atoms with E-state index in [2.05, 4.69) is 0 Å². The summed E-state index contributed by atoms with van der Waals surface area (Å²) < 4.78 is 39.7. The quantitative estimate of drug-likeness (QED) is 0.886. The van der Waals surface area contributed by atoms with Gasteiger partial charge in [-0.15, -0.1) is 0 Å². The predicted octanol–water partition coefficient (Wildman–Crippen LogP) is 1.45. The molecule has 3 rings (SSSR count). The summed E-state index contributed by atoms with van der Waals surface area (Å²) in [6.07, 6.45) is 0. The zero-order valence-corrected chi connectivity index (χ0v) is 13.6. The molecule has 0 saturated heterocycles. The average molecular weight is 364 g/mol. The van der Waals surface area contributed by atoms with E-state index in [1.807, 2.05) is 0 Å². The summed E-state index contributed by atoms with van der Waals surface area (Å²) in [5.74, 6) is -2.45. The van der Waals surface area contributed by atoms with Crippen molar-refractivity contribution in [3.63, 3.8) is 0 Å². The fourth-order valence-electron chi connectivity index (χ4n) is 2.59. The lowest BCUT2D eigenvalue weighted by Gasteiger charge is -2.35. The third kappa shape index (κ3) is 3.05. The number of halogens is 1. The van der Waals surface area contributed by atoms with Crippen molar-refractivity contribution < 1.29 is 27.5 Å². The highest BCUT2D eigenvalue weighted by atomic mass is 32.2. The molecule has 0 radical (unpaired) electrons. The first-order valence-corrected chi connectivity index (χ1v) is 8.64. The Morgan fingerprint density at radius 1 is 1.08 bits per heavy atom. The minimum atomic E-state index is -4.11. The minimum Gasteiger partial charge on any atom is -0.480 e. The smallest absolute Gasteiger partial charge is 0.323 e. The summed E-state index contributed by atoms with van der Waals surface area (Å²) in [6, 6.07) is 10.4. The molecule has 130 valence electrons. The van der Waals surface area contributed by atoms with E-state index in [9.17, 15) is 22.4 Å². The van der Waals surface area contributed by atoms with Gasteiger partial charge in [-0.3, -0.25) is 18.8 Å². The molecule has 0 aliphatic carbocycles. The van der Waals surface area contributed by atoms with Crippen LogP contribution in [0.4, 0.5) is 15.8 Å². The topological polar surface area (TPSA) is 95.0 Å². The number of aliphatic carboxylic acids is 1. The molecule has 2 aromatic carbocycles. The largest absolute Gasteiger partial charge is 0.480 e. The Bertz CT molecular complexity index is 943. The summed E-state index contributed by atoms with van der Waals surface area (Å²) in [7, 11) is -4.11. The number of nitrogens with zero attached hydrogens (tertiary/aromatic N) is 2. The first-order chi connectivity index (χ1) is 11.8. The molecule has 0 unspecified atom stereocenters. The zero-order chi connectivity index (χ0) is 18.2.